The third-order valence-electron chi connectivity index (χ3n) is 2.66. The number of nitrogen functional groups attached to an aromatic ring is 1. The van der Waals surface area contributed by atoms with Crippen LogP contribution >= 0.6 is 34.7 Å². The molecule has 5 heteroatoms. The highest BCUT2D eigenvalue weighted by atomic mass is 35.5. The second kappa shape index (κ2) is 5.41. The zero-order chi connectivity index (χ0) is 13.2. The van der Waals surface area contributed by atoms with Gasteiger partial charge in [-0.05, 0) is 30.3 Å². The van der Waals surface area contributed by atoms with Crippen LogP contribution in [0.2, 0.25) is 5.02 Å². The molecule has 0 aliphatic rings. The summed E-state index contributed by atoms with van der Waals surface area (Å²) in [4.78, 5) is 5.65. The van der Waals surface area contributed by atoms with Gasteiger partial charge in [0.15, 0.2) is 0 Å². The van der Waals surface area contributed by atoms with Crippen molar-refractivity contribution in [3.05, 3.63) is 52.5 Å². The number of thiazole rings is 1. The molecule has 0 amide bonds. The van der Waals surface area contributed by atoms with Gasteiger partial charge in [-0.15, -0.1) is 23.1 Å². The molecule has 2 nitrogen and oxygen atoms in total. The molecular weight excluding hydrogens is 296 g/mol. The Hall–Kier alpha value is -1.23. The second-order valence-corrected chi connectivity index (χ2v) is 6.61. The van der Waals surface area contributed by atoms with Crippen molar-refractivity contribution in [3.63, 3.8) is 0 Å². The summed E-state index contributed by atoms with van der Waals surface area (Å²) in [6.07, 6.45) is 0. The minimum Gasteiger partial charge on any atom is -0.398 e. The highest BCUT2D eigenvalue weighted by molar-refractivity contribution is 7.98. The molecular formula is C14H11ClN2S2. The van der Waals surface area contributed by atoms with Crippen molar-refractivity contribution in [1.29, 1.82) is 0 Å². The lowest BCUT2D eigenvalue weighted by Crippen LogP contribution is -1.88. The van der Waals surface area contributed by atoms with Crippen LogP contribution < -0.4 is 5.73 Å². The van der Waals surface area contributed by atoms with Gasteiger partial charge in [0.2, 0.25) is 0 Å². The fourth-order valence-electron chi connectivity index (χ4n) is 1.77. The van der Waals surface area contributed by atoms with Gasteiger partial charge in [0.25, 0.3) is 0 Å². The van der Waals surface area contributed by atoms with E-state index in [4.69, 9.17) is 17.3 Å². The lowest BCUT2D eigenvalue weighted by atomic mass is 10.3. The summed E-state index contributed by atoms with van der Waals surface area (Å²) in [7, 11) is 0. The van der Waals surface area contributed by atoms with Gasteiger partial charge < -0.3 is 5.73 Å². The standard InChI is InChI=1S/C14H11ClN2S2/c15-9-5-6-12(10(16)7-9)18-8-14-17-11-3-1-2-4-13(11)19-14/h1-7H,8,16H2. The Morgan fingerprint density at radius 2 is 2.05 bits per heavy atom. The normalized spacial score (nSPS) is 11.0. The second-order valence-electron chi connectivity index (χ2n) is 4.05. The van der Waals surface area contributed by atoms with E-state index < -0.39 is 0 Å². The first-order valence-corrected chi connectivity index (χ1v) is 7.92. The molecule has 0 unspecified atom stereocenters. The smallest absolute Gasteiger partial charge is 0.104 e. The number of aromatic nitrogens is 1. The highest BCUT2D eigenvalue weighted by Crippen LogP contribution is 2.32. The fourth-order valence-corrected chi connectivity index (χ4v) is 3.86. The highest BCUT2D eigenvalue weighted by Gasteiger charge is 2.06. The van der Waals surface area contributed by atoms with Crippen molar-refractivity contribution in [2.24, 2.45) is 0 Å². The number of nitrogens with zero attached hydrogens (tertiary/aromatic N) is 1. The largest absolute Gasteiger partial charge is 0.398 e. The van der Waals surface area contributed by atoms with E-state index in [1.165, 1.54) is 4.70 Å². The van der Waals surface area contributed by atoms with Gasteiger partial charge in [-0.25, -0.2) is 4.98 Å². The van der Waals surface area contributed by atoms with Gasteiger partial charge in [0.05, 0.1) is 16.0 Å². The van der Waals surface area contributed by atoms with Crippen molar-refractivity contribution >= 4 is 50.6 Å². The topological polar surface area (TPSA) is 38.9 Å². The molecule has 0 saturated carbocycles. The van der Waals surface area contributed by atoms with Crippen LogP contribution in [-0.2, 0) is 5.75 Å². The summed E-state index contributed by atoms with van der Waals surface area (Å²) in [6.45, 7) is 0. The van der Waals surface area contributed by atoms with Crippen molar-refractivity contribution in [3.8, 4) is 0 Å². The quantitative estimate of drug-likeness (QED) is 0.557. The predicted molar refractivity (Wildman–Crippen MR) is 85.0 cm³/mol. The Morgan fingerprint density at radius 3 is 2.84 bits per heavy atom. The number of anilines is 1. The van der Waals surface area contributed by atoms with E-state index in [2.05, 4.69) is 11.1 Å². The first-order chi connectivity index (χ1) is 9.22. The SMILES string of the molecule is Nc1cc(Cl)ccc1SCc1nc2ccccc2s1. The number of fused-ring (bicyclic) bond motifs is 1. The molecule has 0 fully saturated rings. The van der Waals surface area contributed by atoms with Gasteiger partial charge in [0, 0.05) is 15.6 Å². The lowest BCUT2D eigenvalue weighted by Gasteiger charge is -2.03. The first-order valence-electron chi connectivity index (χ1n) is 5.74. The van der Waals surface area contributed by atoms with E-state index in [0.29, 0.717) is 5.02 Å². The van der Waals surface area contributed by atoms with Gasteiger partial charge in [-0.1, -0.05) is 23.7 Å². The van der Waals surface area contributed by atoms with E-state index in [1.807, 2.05) is 30.3 Å². The van der Waals surface area contributed by atoms with Gasteiger partial charge >= 0.3 is 0 Å². The number of benzene rings is 2. The van der Waals surface area contributed by atoms with Crippen molar-refractivity contribution in [2.45, 2.75) is 10.6 Å². The fraction of sp³-hybridized carbons (Fsp3) is 0.0714. The number of hydrogen-bond donors (Lipinski definition) is 1. The number of rotatable bonds is 3. The maximum atomic E-state index is 5.94. The molecule has 3 aromatic rings. The first kappa shape index (κ1) is 12.8. The number of hydrogen-bond acceptors (Lipinski definition) is 4. The molecule has 2 aromatic carbocycles. The summed E-state index contributed by atoms with van der Waals surface area (Å²) < 4.78 is 1.22. The number of halogens is 1. The zero-order valence-corrected chi connectivity index (χ0v) is 12.4. The minimum absolute atomic E-state index is 0.668. The van der Waals surface area contributed by atoms with Crippen LogP contribution in [0.4, 0.5) is 5.69 Å². The predicted octanol–water partition coefficient (Wildman–Crippen LogP) is 4.82. The van der Waals surface area contributed by atoms with Crippen LogP contribution in [-0.4, -0.2) is 4.98 Å². The molecule has 0 spiro atoms. The van der Waals surface area contributed by atoms with Crippen LogP contribution in [0, 0.1) is 0 Å². The third kappa shape index (κ3) is 2.86. The maximum absolute atomic E-state index is 5.94. The molecule has 0 bridgehead atoms. The molecule has 2 N–H and O–H groups in total. The van der Waals surface area contributed by atoms with E-state index >= 15 is 0 Å². The molecule has 0 aliphatic carbocycles. The van der Waals surface area contributed by atoms with E-state index in [0.717, 1.165) is 26.9 Å². The summed E-state index contributed by atoms with van der Waals surface area (Å²) in [6, 6.07) is 13.8. The summed E-state index contributed by atoms with van der Waals surface area (Å²) in [5.41, 5.74) is 7.72. The number of thioether (sulfide) groups is 1. The van der Waals surface area contributed by atoms with Gasteiger partial charge in [0.1, 0.15) is 5.01 Å². The Bertz CT molecular complexity index is 691. The van der Waals surface area contributed by atoms with E-state index in [-0.39, 0.29) is 0 Å². The van der Waals surface area contributed by atoms with E-state index in [9.17, 15) is 0 Å². The molecule has 19 heavy (non-hydrogen) atoms. The van der Waals surface area contributed by atoms with Crippen LogP contribution in [0.15, 0.2) is 47.4 Å². The summed E-state index contributed by atoms with van der Waals surface area (Å²) >= 11 is 9.30. The Balaban J connectivity index is 1.78. The minimum atomic E-state index is 0.668. The number of nitrogens with two attached hydrogens (primary N) is 1. The average molecular weight is 307 g/mol. The van der Waals surface area contributed by atoms with Gasteiger partial charge in [-0.3, -0.25) is 0 Å². The Morgan fingerprint density at radius 1 is 1.21 bits per heavy atom. The maximum Gasteiger partial charge on any atom is 0.104 e. The molecule has 1 heterocycles. The monoisotopic (exact) mass is 306 g/mol. The van der Waals surface area contributed by atoms with Crippen molar-refractivity contribution in [2.75, 3.05) is 5.73 Å². The third-order valence-corrected chi connectivity index (χ3v) is 5.22. The average Bonchev–Trinajstić information content (AvgIpc) is 2.80. The molecule has 0 radical (unpaired) electrons. The molecule has 3 rings (SSSR count). The lowest BCUT2D eigenvalue weighted by molar-refractivity contribution is 1.30. The number of para-hydroxylation sites is 1. The zero-order valence-electron chi connectivity index (χ0n) is 9.97. The Kier molecular flexibility index (Phi) is 3.64. The van der Waals surface area contributed by atoms with E-state index in [1.54, 1.807) is 29.2 Å². The molecule has 0 saturated heterocycles. The van der Waals surface area contributed by atoms with Crippen LogP contribution in [0.3, 0.4) is 0 Å². The van der Waals surface area contributed by atoms with Gasteiger partial charge in [-0.2, -0.15) is 0 Å². The van der Waals surface area contributed by atoms with Crippen molar-refractivity contribution in [1.82, 2.24) is 4.98 Å². The molecule has 1 aromatic heterocycles. The van der Waals surface area contributed by atoms with Crippen LogP contribution in [0.1, 0.15) is 5.01 Å². The summed E-state index contributed by atoms with van der Waals surface area (Å²) in [5, 5.41) is 1.78. The summed E-state index contributed by atoms with van der Waals surface area (Å²) in [5.74, 6) is 0.825. The molecule has 96 valence electrons. The molecule has 0 aliphatic heterocycles. The Labute approximate surface area is 124 Å². The molecule has 0 atom stereocenters. The van der Waals surface area contributed by atoms with Crippen molar-refractivity contribution < 1.29 is 0 Å². The van der Waals surface area contributed by atoms with Crippen LogP contribution in [0.25, 0.3) is 10.2 Å². The van der Waals surface area contributed by atoms with Crippen LogP contribution in [0.5, 0.6) is 0 Å².